The van der Waals surface area contributed by atoms with Crippen LogP contribution < -0.4 is 0 Å². The highest BCUT2D eigenvalue weighted by Gasteiger charge is 2.36. The Balaban J connectivity index is 0.716. The molecule has 0 spiro atoms. The lowest BCUT2D eigenvalue weighted by atomic mass is 9.81. The summed E-state index contributed by atoms with van der Waals surface area (Å²) in [4.78, 5) is 39.9. The summed E-state index contributed by atoms with van der Waals surface area (Å²) >= 11 is 0. The van der Waals surface area contributed by atoms with Gasteiger partial charge < -0.3 is 0 Å². The summed E-state index contributed by atoms with van der Waals surface area (Å²) < 4.78 is 0. The molecule has 0 saturated heterocycles. The first-order valence-electron chi connectivity index (χ1n) is 31.4. The van der Waals surface area contributed by atoms with E-state index in [0.29, 0.717) is 11.6 Å². The van der Waals surface area contributed by atoms with E-state index in [9.17, 15) is 0 Å². The molecule has 1 aliphatic rings. The number of benzene rings is 11. The Hall–Kier alpha value is -12.3. The van der Waals surface area contributed by atoms with Gasteiger partial charge in [0.05, 0.1) is 44.8 Å². The van der Waals surface area contributed by atoms with E-state index in [1.165, 1.54) is 49.4 Å². The molecule has 6 aromatic heterocycles. The molecule has 6 heterocycles. The van der Waals surface area contributed by atoms with Crippen molar-refractivity contribution in [3.8, 4) is 112 Å². The number of pyridine rings is 4. The minimum Gasteiger partial charge on any atom is -0.245 e. The summed E-state index contributed by atoms with van der Waals surface area (Å²) in [5.41, 5.74) is 24.4. The van der Waals surface area contributed by atoms with E-state index in [2.05, 4.69) is 276 Å². The number of hydrogen-bond acceptors (Lipinski definition) is 8. The van der Waals surface area contributed by atoms with Gasteiger partial charge >= 0.3 is 0 Å². The van der Waals surface area contributed by atoms with E-state index in [1.54, 1.807) is 24.8 Å². The maximum Gasteiger partial charge on any atom is 0.159 e. The molecule has 8 nitrogen and oxygen atoms in total. The van der Waals surface area contributed by atoms with Crippen molar-refractivity contribution >= 4 is 65.2 Å². The van der Waals surface area contributed by atoms with E-state index in [1.807, 2.05) is 24.3 Å². The molecule has 17 aromatic rings. The first kappa shape index (κ1) is 53.7. The molecule has 18 rings (SSSR count). The van der Waals surface area contributed by atoms with Crippen LogP contribution in [0.25, 0.3) is 177 Å². The summed E-state index contributed by atoms with van der Waals surface area (Å²) in [6.07, 6.45) is 7.09. The van der Waals surface area contributed by atoms with Gasteiger partial charge in [0.15, 0.2) is 11.6 Å². The summed E-state index contributed by atoms with van der Waals surface area (Å²) in [6, 6.07) is 95.4. The molecule has 0 amide bonds. The normalized spacial score (nSPS) is 12.5. The minimum absolute atomic E-state index is 0.275. The van der Waals surface area contributed by atoms with Crippen LogP contribution in [0.4, 0.5) is 0 Å². The number of nitrogens with zero attached hydrogens (tertiary/aromatic N) is 8. The van der Waals surface area contributed by atoms with Gasteiger partial charge in [-0.15, -0.1) is 0 Å². The van der Waals surface area contributed by atoms with Crippen molar-refractivity contribution in [1.29, 1.82) is 0 Å². The summed E-state index contributed by atoms with van der Waals surface area (Å²) in [5.74, 6) is 1.36. The maximum absolute atomic E-state index is 5.59. The quantitative estimate of drug-likeness (QED) is 0.132. The zero-order chi connectivity index (χ0) is 61.7. The molecule has 0 unspecified atom stereocenters. The number of hydrogen-bond donors (Lipinski definition) is 0. The van der Waals surface area contributed by atoms with E-state index >= 15 is 0 Å². The molecule has 11 aromatic carbocycles. The molecule has 434 valence electrons. The lowest BCUT2D eigenvalue weighted by Crippen LogP contribution is -2.15. The highest BCUT2D eigenvalue weighted by atomic mass is 14.9. The van der Waals surface area contributed by atoms with Gasteiger partial charge in [0.25, 0.3) is 0 Å². The fourth-order valence-electron chi connectivity index (χ4n) is 14.1. The Labute approximate surface area is 536 Å². The van der Waals surface area contributed by atoms with E-state index in [4.69, 9.17) is 19.9 Å². The van der Waals surface area contributed by atoms with Crippen LogP contribution in [0.3, 0.4) is 0 Å². The van der Waals surface area contributed by atoms with Gasteiger partial charge in [0, 0.05) is 85.1 Å². The zero-order valence-electron chi connectivity index (χ0n) is 50.8. The number of rotatable bonds is 9. The van der Waals surface area contributed by atoms with Crippen LogP contribution >= 0.6 is 0 Å². The van der Waals surface area contributed by atoms with Gasteiger partial charge in [0.2, 0.25) is 0 Å². The molecule has 0 radical (unpaired) electrons. The second-order valence-corrected chi connectivity index (χ2v) is 24.7. The third kappa shape index (κ3) is 9.21. The first-order chi connectivity index (χ1) is 45.8. The SMILES string of the molecule is CC1(C)c2ccc(-c3cc(-c4cccc(-c5ncccn5)c4)nc4c3ccc3ccc(-c5cccc(-c6cc7ccccc7c7ccccc67)c5)nc34)cc2-c2ccc(-c3cccc(-c4ccc5ccc6ccc(-c7ccc(-c8ncccn8)cc7)nc6c5n4)c3)cc21. The summed E-state index contributed by atoms with van der Waals surface area (Å²) in [5, 5.41) is 9.06. The van der Waals surface area contributed by atoms with Gasteiger partial charge in [-0.2, -0.15) is 0 Å². The van der Waals surface area contributed by atoms with Crippen molar-refractivity contribution < 1.29 is 0 Å². The fraction of sp³-hybridized carbons (Fsp3) is 0.0353. The average Bonchev–Trinajstić information content (AvgIpc) is 1.63. The van der Waals surface area contributed by atoms with Crippen LogP contribution in [0, 0.1) is 0 Å². The Morgan fingerprint density at radius 1 is 0.226 bits per heavy atom. The molecule has 1 aliphatic carbocycles. The molecule has 0 bridgehead atoms. The second kappa shape index (κ2) is 21.5. The van der Waals surface area contributed by atoms with Crippen LogP contribution in [0.2, 0.25) is 0 Å². The summed E-state index contributed by atoms with van der Waals surface area (Å²) in [6.45, 7) is 4.71. The molecule has 93 heavy (non-hydrogen) atoms. The molecule has 0 aliphatic heterocycles. The Morgan fingerprint density at radius 3 is 1.38 bits per heavy atom. The van der Waals surface area contributed by atoms with Crippen molar-refractivity contribution in [1.82, 2.24) is 39.9 Å². The first-order valence-corrected chi connectivity index (χ1v) is 31.4. The average molecular weight is 1190 g/mol. The van der Waals surface area contributed by atoms with Crippen molar-refractivity contribution in [3.05, 3.63) is 303 Å². The van der Waals surface area contributed by atoms with E-state index in [0.717, 1.165) is 128 Å². The molecular formula is C85H54N8. The topological polar surface area (TPSA) is 103 Å². The fourth-order valence-corrected chi connectivity index (χ4v) is 14.1. The largest absolute Gasteiger partial charge is 0.245 e. The molecule has 0 fully saturated rings. The third-order valence-corrected chi connectivity index (χ3v) is 18.9. The monoisotopic (exact) mass is 1190 g/mol. The highest BCUT2D eigenvalue weighted by Crippen LogP contribution is 2.52. The Bertz CT molecular complexity index is 5910. The lowest BCUT2D eigenvalue weighted by molar-refractivity contribution is 0.660. The number of fused-ring (bicyclic) bond motifs is 12. The molecular weight excluding hydrogens is 1130 g/mol. The van der Waals surface area contributed by atoms with Gasteiger partial charge in [-0.1, -0.05) is 208 Å². The predicted octanol–water partition coefficient (Wildman–Crippen LogP) is 21.1. The minimum atomic E-state index is -0.275. The predicted molar refractivity (Wildman–Crippen MR) is 380 cm³/mol. The molecule has 0 atom stereocenters. The highest BCUT2D eigenvalue weighted by molar-refractivity contribution is 6.14. The van der Waals surface area contributed by atoms with Gasteiger partial charge in [-0.25, -0.2) is 39.9 Å². The van der Waals surface area contributed by atoms with Gasteiger partial charge in [0.1, 0.15) is 0 Å². The van der Waals surface area contributed by atoms with E-state index < -0.39 is 0 Å². The van der Waals surface area contributed by atoms with Crippen molar-refractivity contribution in [2.45, 2.75) is 19.3 Å². The van der Waals surface area contributed by atoms with Crippen molar-refractivity contribution in [2.24, 2.45) is 0 Å². The van der Waals surface area contributed by atoms with Crippen LogP contribution in [-0.4, -0.2) is 39.9 Å². The number of aromatic nitrogens is 8. The smallest absolute Gasteiger partial charge is 0.159 e. The summed E-state index contributed by atoms with van der Waals surface area (Å²) in [7, 11) is 0. The van der Waals surface area contributed by atoms with Crippen LogP contribution in [0.5, 0.6) is 0 Å². The van der Waals surface area contributed by atoms with Gasteiger partial charge in [-0.3, -0.25) is 0 Å². The standard InChI is InChI=1S/C85H54N8/c1-85(2)73-36-30-60(48-72(73)68-34-29-57(49-74(68)85)56-13-7-15-61(44-56)76-38-32-53-25-24-52-31-37-75(90-79(52)80(53)91-76)51-22-26-55(27-23-51)83-86-40-10-41-87-83)71-50-78(63-17-9-18-64(46-63)84-88-42-11-43-89-84)93-82-69(71)35-28-54-33-39-77(92-81(54)82)62-16-8-14-58(45-62)70-47-59-12-3-4-19-65(59)66-20-5-6-21-67(66)70/h3-50H,1-2H3. The molecule has 8 heteroatoms. The van der Waals surface area contributed by atoms with Crippen LogP contribution in [-0.2, 0) is 5.41 Å². The molecule has 0 saturated carbocycles. The maximum atomic E-state index is 5.59. The lowest BCUT2D eigenvalue weighted by Gasteiger charge is -2.22. The Kier molecular flexibility index (Phi) is 12.4. The van der Waals surface area contributed by atoms with Crippen LogP contribution in [0.1, 0.15) is 25.0 Å². The van der Waals surface area contributed by atoms with Crippen molar-refractivity contribution in [3.63, 3.8) is 0 Å². The third-order valence-electron chi connectivity index (χ3n) is 18.9. The van der Waals surface area contributed by atoms with E-state index in [-0.39, 0.29) is 5.41 Å². The second-order valence-electron chi connectivity index (χ2n) is 24.7. The Morgan fingerprint density at radius 2 is 0.688 bits per heavy atom. The zero-order valence-corrected chi connectivity index (χ0v) is 50.8. The van der Waals surface area contributed by atoms with Crippen LogP contribution in [0.15, 0.2) is 292 Å². The molecule has 0 N–H and O–H groups in total. The van der Waals surface area contributed by atoms with Crippen molar-refractivity contribution in [2.75, 3.05) is 0 Å². The van der Waals surface area contributed by atoms with Gasteiger partial charge in [-0.05, 0) is 150 Å².